The van der Waals surface area contributed by atoms with Gasteiger partial charge in [-0.25, -0.2) is 0 Å². The summed E-state index contributed by atoms with van der Waals surface area (Å²) >= 11 is 0. The number of nitrogen functional groups attached to an aromatic ring is 2. The van der Waals surface area contributed by atoms with Crippen molar-refractivity contribution in [3.05, 3.63) is 72.8 Å². The van der Waals surface area contributed by atoms with Gasteiger partial charge < -0.3 is 11.5 Å². The van der Waals surface area contributed by atoms with Crippen molar-refractivity contribution < 1.29 is 0 Å². The van der Waals surface area contributed by atoms with Crippen molar-refractivity contribution in [3.8, 4) is 22.3 Å². The molecule has 0 aliphatic heterocycles. The zero-order valence-corrected chi connectivity index (χ0v) is 11.1. The molecule has 3 aromatic carbocycles. The van der Waals surface area contributed by atoms with Gasteiger partial charge in [0, 0.05) is 16.9 Å². The van der Waals surface area contributed by atoms with E-state index in [1.165, 1.54) is 5.56 Å². The second-order valence-corrected chi connectivity index (χ2v) is 4.79. The van der Waals surface area contributed by atoms with Gasteiger partial charge in [-0.1, -0.05) is 54.6 Å². The maximum atomic E-state index is 6.00. The molecule has 0 aliphatic rings. The van der Waals surface area contributed by atoms with Gasteiger partial charge in [0.25, 0.3) is 0 Å². The van der Waals surface area contributed by atoms with Crippen molar-refractivity contribution in [1.82, 2.24) is 0 Å². The van der Waals surface area contributed by atoms with Gasteiger partial charge in [-0.3, -0.25) is 0 Å². The Bertz CT molecular complexity index is 713. The molecule has 0 amide bonds. The fourth-order valence-corrected chi connectivity index (χ4v) is 2.28. The normalized spacial score (nSPS) is 10.4. The molecule has 0 fully saturated rings. The molecule has 20 heavy (non-hydrogen) atoms. The Morgan fingerprint density at radius 3 is 1.60 bits per heavy atom. The van der Waals surface area contributed by atoms with Crippen LogP contribution in [0.1, 0.15) is 0 Å². The number of hydrogen-bond acceptors (Lipinski definition) is 2. The van der Waals surface area contributed by atoms with Crippen LogP contribution in [0, 0.1) is 0 Å². The Labute approximate surface area is 118 Å². The van der Waals surface area contributed by atoms with Crippen LogP contribution in [0.25, 0.3) is 22.3 Å². The quantitative estimate of drug-likeness (QED) is 0.679. The predicted octanol–water partition coefficient (Wildman–Crippen LogP) is 4.19. The minimum atomic E-state index is 0.780. The molecule has 4 N–H and O–H groups in total. The first-order chi connectivity index (χ1) is 9.74. The van der Waals surface area contributed by atoms with Gasteiger partial charge >= 0.3 is 0 Å². The lowest BCUT2D eigenvalue weighted by Crippen LogP contribution is -1.89. The summed E-state index contributed by atoms with van der Waals surface area (Å²) in [6.07, 6.45) is 0. The third-order valence-electron chi connectivity index (χ3n) is 3.40. The van der Waals surface area contributed by atoms with E-state index in [1.807, 2.05) is 48.5 Å². The molecule has 3 rings (SSSR count). The molecule has 2 nitrogen and oxygen atoms in total. The van der Waals surface area contributed by atoms with E-state index in [2.05, 4.69) is 24.3 Å². The third-order valence-corrected chi connectivity index (χ3v) is 3.40. The number of hydrogen-bond donors (Lipinski definition) is 2. The van der Waals surface area contributed by atoms with E-state index in [1.54, 1.807) is 0 Å². The summed E-state index contributed by atoms with van der Waals surface area (Å²) in [4.78, 5) is 0. The summed E-state index contributed by atoms with van der Waals surface area (Å²) < 4.78 is 0. The van der Waals surface area contributed by atoms with Crippen LogP contribution in [-0.4, -0.2) is 0 Å². The van der Waals surface area contributed by atoms with Gasteiger partial charge in [0.1, 0.15) is 0 Å². The maximum Gasteiger partial charge on any atom is 0.0393 e. The fraction of sp³-hybridized carbons (Fsp3) is 0. The van der Waals surface area contributed by atoms with Gasteiger partial charge in [-0.15, -0.1) is 0 Å². The Hall–Kier alpha value is -2.74. The largest absolute Gasteiger partial charge is 0.399 e. The second-order valence-electron chi connectivity index (χ2n) is 4.79. The van der Waals surface area contributed by atoms with Gasteiger partial charge in [0.2, 0.25) is 0 Å². The van der Waals surface area contributed by atoms with Crippen molar-refractivity contribution in [2.24, 2.45) is 0 Å². The summed E-state index contributed by atoms with van der Waals surface area (Å²) in [7, 11) is 0. The summed E-state index contributed by atoms with van der Waals surface area (Å²) in [6.45, 7) is 0. The highest BCUT2D eigenvalue weighted by Crippen LogP contribution is 2.28. The first-order valence-electron chi connectivity index (χ1n) is 6.55. The Morgan fingerprint density at radius 2 is 1.00 bits per heavy atom. The third kappa shape index (κ3) is 2.36. The second kappa shape index (κ2) is 5.10. The lowest BCUT2D eigenvalue weighted by molar-refractivity contribution is 1.58. The number of rotatable bonds is 2. The number of benzene rings is 3. The van der Waals surface area contributed by atoms with E-state index in [4.69, 9.17) is 11.5 Å². The molecule has 2 heteroatoms. The van der Waals surface area contributed by atoms with E-state index in [0.29, 0.717) is 0 Å². The highest BCUT2D eigenvalue weighted by atomic mass is 14.6. The van der Waals surface area contributed by atoms with E-state index in [-0.39, 0.29) is 0 Å². The van der Waals surface area contributed by atoms with Crippen molar-refractivity contribution in [3.63, 3.8) is 0 Å². The van der Waals surface area contributed by atoms with Crippen molar-refractivity contribution in [2.75, 3.05) is 11.5 Å². The highest BCUT2D eigenvalue weighted by Gasteiger charge is 2.02. The molecule has 0 unspecified atom stereocenters. The van der Waals surface area contributed by atoms with Crippen LogP contribution in [0.15, 0.2) is 72.8 Å². The van der Waals surface area contributed by atoms with Crippen LogP contribution < -0.4 is 11.5 Å². The van der Waals surface area contributed by atoms with Gasteiger partial charge in [0.05, 0.1) is 0 Å². The molecule has 0 radical (unpaired) electrons. The number of para-hydroxylation sites is 1. The maximum absolute atomic E-state index is 6.00. The summed E-state index contributed by atoms with van der Waals surface area (Å²) in [5, 5.41) is 0. The molecule has 3 aromatic rings. The lowest BCUT2D eigenvalue weighted by atomic mass is 9.99. The van der Waals surface area contributed by atoms with Gasteiger partial charge in [0.15, 0.2) is 0 Å². The van der Waals surface area contributed by atoms with Crippen LogP contribution in [0.3, 0.4) is 0 Å². The van der Waals surface area contributed by atoms with Crippen LogP contribution in [0.2, 0.25) is 0 Å². The average Bonchev–Trinajstić information content (AvgIpc) is 2.49. The Balaban J connectivity index is 1.96. The zero-order valence-electron chi connectivity index (χ0n) is 11.1. The monoisotopic (exact) mass is 260 g/mol. The van der Waals surface area contributed by atoms with E-state index >= 15 is 0 Å². The predicted molar refractivity (Wildman–Crippen MR) is 86.1 cm³/mol. The van der Waals surface area contributed by atoms with E-state index in [9.17, 15) is 0 Å². The van der Waals surface area contributed by atoms with Crippen molar-refractivity contribution in [2.45, 2.75) is 0 Å². The minimum absolute atomic E-state index is 0.780. The molecule has 98 valence electrons. The van der Waals surface area contributed by atoms with Crippen molar-refractivity contribution >= 4 is 11.4 Å². The molecule has 0 heterocycles. The standard InChI is InChI=1S/C18H16N2/c19-16-11-9-14(10-12-16)13-5-7-15(8-6-13)17-3-1-2-4-18(17)20/h1-12H,19-20H2. The topological polar surface area (TPSA) is 52.0 Å². The number of anilines is 2. The molecule has 0 spiro atoms. The summed E-state index contributed by atoms with van der Waals surface area (Å²) in [6, 6.07) is 24.2. The van der Waals surface area contributed by atoms with Crippen LogP contribution in [0.4, 0.5) is 11.4 Å². The van der Waals surface area contributed by atoms with Crippen LogP contribution in [-0.2, 0) is 0 Å². The first kappa shape index (κ1) is 12.3. The minimum Gasteiger partial charge on any atom is -0.399 e. The smallest absolute Gasteiger partial charge is 0.0393 e. The van der Waals surface area contributed by atoms with Crippen LogP contribution in [0.5, 0.6) is 0 Å². The molecular formula is C18H16N2. The van der Waals surface area contributed by atoms with E-state index < -0.39 is 0 Å². The lowest BCUT2D eigenvalue weighted by Gasteiger charge is -2.07. The summed E-state index contributed by atoms with van der Waals surface area (Å²) in [5.41, 5.74) is 17.8. The average molecular weight is 260 g/mol. The molecule has 0 saturated heterocycles. The Kier molecular flexibility index (Phi) is 3.13. The molecule has 0 bridgehead atoms. The molecule has 0 saturated carbocycles. The fourth-order valence-electron chi connectivity index (χ4n) is 2.28. The molecule has 0 atom stereocenters. The molecule has 0 aromatic heterocycles. The van der Waals surface area contributed by atoms with Gasteiger partial charge in [-0.2, -0.15) is 0 Å². The highest BCUT2D eigenvalue weighted by molar-refractivity contribution is 5.78. The molecule has 0 aliphatic carbocycles. The first-order valence-corrected chi connectivity index (χ1v) is 6.55. The van der Waals surface area contributed by atoms with Crippen molar-refractivity contribution in [1.29, 1.82) is 0 Å². The number of nitrogens with two attached hydrogens (primary N) is 2. The SMILES string of the molecule is Nc1ccc(-c2ccc(-c3ccccc3N)cc2)cc1. The van der Waals surface area contributed by atoms with Gasteiger partial charge in [-0.05, 0) is 34.9 Å². The van der Waals surface area contributed by atoms with Crippen LogP contribution >= 0.6 is 0 Å². The Morgan fingerprint density at radius 1 is 0.500 bits per heavy atom. The zero-order chi connectivity index (χ0) is 13.9. The summed E-state index contributed by atoms with van der Waals surface area (Å²) in [5.74, 6) is 0. The van der Waals surface area contributed by atoms with E-state index in [0.717, 1.165) is 28.1 Å². The molecular weight excluding hydrogens is 244 g/mol.